The van der Waals surface area contributed by atoms with Crippen LogP contribution in [0.25, 0.3) is 11.1 Å². The Morgan fingerprint density at radius 2 is 1.94 bits per heavy atom. The Hall–Kier alpha value is -3.17. The van der Waals surface area contributed by atoms with Gasteiger partial charge in [-0.15, -0.1) is 0 Å². The van der Waals surface area contributed by atoms with Crippen LogP contribution in [0, 0.1) is 28.5 Å². The van der Waals surface area contributed by atoms with Crippen LogP contribution in [-0.4, -0.2) is 47.8 Å². The molecule has 9 heteroatoms. The third-order valence-electron chi connectivity index (χ3n) is 5.50. The van der Waals surface area contributed by atoms with E-state index in [2.05, 4.69) is 27.0 Å². The van der Waals surface area contributed by atoms with Crippen molar-refractivity contribution in [1.29, 1.82) is 10.5 Å². The van der Waals surface area contributed by atoms with E-state index in [0.29, 0.717) is 52.9 Å². The van der Waals surface area contributed by atoms with Crippen molar-refractivity contribution in [3.05, 3.63) is 45.8 Å². The quantitative estimate of drug-likeness (QED) is 0.557. The van der Waals surface area contributed by atoms with Crippen molar-refractivity contribution in [3.8, 4) is 23.3 Å². The molecular weight excluding hydrogens is 489 g/mol. The number of hydrogen-bond donors (Lipinski definition) is 0. The Bertz CT molecular complexity index is 1140. The van der Waals surface area contributed by atoms with Gasteiger partial charge in [0.2, 0.25) is 0 Å². The molecule has 2 aromatic rings. The lowest BCUT2D eigenvalue weighted by atomic mass is 9.98. The molecule has 0 saturated carbocycles. The number of carbonyl (C=O) groups is 1. The molecule has 3 rings (SSSR count). The fourth-order valence-corrected chi connectivity index (χ4v) is 4.34. The van der Waals surface area contributed by atoms with E-state index in [-0.39, 0.29) is 17.7 Å². The number of pyridine rings is 1. The molecule has 1 aromatic heterocycles. The van der Waals surface area contributed by atoms with Crippen LogP contribution in [0.4, 0.5) is 15.0 Å². The number of nitrogens with zero attached hydrogens (tertiary/aromatic N) is 5. The summed E-state index contributed by atoms with van der Waals surface area (Å²) in [6.45, 7) is 6.70. The number of hydrogen-bond acceptors (Lipinski definition) is 6. The van der Waals surface area contributed by atoms with Crippen molar-refractivity contribution in [1.82, 2.24) is 9.88 Å². The molecule has 1 fully saturated rings. The number of rotatable bonds is 3. The van der Waals surface area contributed by atoms with E-state index < -0.39 is 11.4 Å². The summed E-state index contributed by atoms with van der Waals surface area (Å²) in [5.41, 5.74) is 0.722. The lowest BCUT2D eigenvalue weighted by molar-refractivity contribution is 0.0201. The van der Waals surface area contributed by atoms with Gasteiger partial charge in [0.15, 0.2) is 0 Å². The second-order valence-corrected chi connectivity index (χ2v) is 9.76. The van der Waals surface area contributed by atoms with E-state index in [0.717, 1.165) is 0 Å². The summed E-state index contributed by atoms with van der Waals surface area (Å²) < 4.78 is 20.3. The van der Waals surface area contributed by atoms with Crippen molar-refractivity contribution in [3.63, 3.8) is 0 Å². The highest BCUT2D eigenvalue weighted by atomic mass is 79.9. The number of halogens is 2. The van der Waals surface area contributed by atoms with Gasteiger partial charge >= 0.3 is 6.09 Å². The summed E-state index contributed by atoms with van der Waals surface area (Å²) in [5.74, 6) is -0.131. The van der Waals surface area contributed by atoms with Crippen LogP contribution in [0.1, 0.15) is 44.7 Å². The molecule has 0 N–H and O–H groups in total. The second kappa shape index (κ2) is 9.76. The maximum Gasteiger partial charge on any atom is 0.410 e. The fraction of sp³-hybridized carbons (Fsp3) is 0.417. The second-order valence-electron chi connectivity index (χ2n) is 8.91. The molecule has 0 aliphatic carbocycles. The van der Waals surface area contributed by atoms with Gasteiger partial charge in [0.1, 0.15) is 34.9 Å². The first-order chi connectivity index (χ1) is 15.6. The normalized spacial score (nSPS) is 14.4. The van der Waals surface area contributed by atoms with Gasteiger partial charge in [-0.3, -0.25) is 0 Å². The number of aromatic nitrogens is 1. The molecular formula is C24H25BrFN5O2. The minimum absolute atomic E-state index is 0.0178. The van der Waals surface area contributed by atoms with Crippen molar-refractivity contribution >= 4 is 27.8 Å². The zero-order valence-corrected chi connectivity index (χ0v) is 20.6. The molecule has 0 bridgehead atoms. The van der Waals surface area contributed by atoms with Crippen molar-refractivity contribution < 1.29 is 13.9 Å². The summed E-state index contributed by atoms with van der Waals surface area (Å²) in [4.78, 5) is 20.5. The third-order valence-corrected chi connectivity index (χ3v) is 6.10. The van der Waals surface area contributed by atoms with Gasteiger partial charge in [0.05, 0.1) is 5.56 Å². The van der Waals surface area contributed by atoms with E-state index in [4.69, 9.17) is 10.00 Å². The molecule has 7 nitrogen and oxygen atoms in total. The van der Waals surface area contributed by atoms with E-state index >= 15 is 0 Å². The van der Waals surface area contributed by atoms with Gasteiger partial charge < -0.3 is 14.5 Å². The number of nitriles is 2. The largest absolute Gasteiger partial charge is 0.444 e. The van der Waals surface area contributed by atoms with Crippen LogP contribution >= 0.6 is 15.9 Å². The summed E-state index contributed by atoms with van der Waals surface area (Å²) in [7, 11) is 1.74. The van der Waals surface area contributed by atoms with E-state index in [1.165, 1.54) is 12.1 Å². The predicted molar refractivity (Wildman–Crippen MR) is 126 cm³/mol. The average Bonchev–Trinajstić information content (AvgIpc) is 2.77. The number of amides is 1. The van der Waals surface area contributed by atoms with Crippen molar-refractivity contribution in [2.24, 2.45) is 0 Å². The standard InChI is InChI=1S/C24H25BrFN5O2/c1-24(2,3)33-23(32)30(4)17-7-9-31(10-8-17)22-18(13-28)21(19(25)14-29-22)15-5-6-16(12-27)20(26)11-15/h5-6,11,14,17H,7-10H2,1-4H3. The minimum atomic E-state index is -0.643. The van der Waals surface area contributed by atoms with Crippen LogP contribution in [0.5, 0.6) is 0 Å². The lowest BCUT2D eigenvalue weighted by Gasteiger charge is -2.38. The van der Waals surface area contributed by atoms with Crippen molar-refractivity contribution in [2.75, 3.05) is 25.0 Å². The molecule has 33 heavy (non-hydrogen) atoms. The third kappa shape index (κ3) is 5.43. The summed E-state index contributed by atoms with van der Waals surface area (Å²) >= 11 is 3.43. The molecule has 172 valence electrons. The predicted octanol–water partition coefficient (Wildman–Crippen LogP) is 5.23. The van der Waals surface area contributed by atoms with Crippen LogP contribution < -0.4 is 4.90 Å². The molecule has 0 unspecified atom stereocenters. The molecule has 2 heterocycles. The number of ether oxygens (including phenoxy) is 1. The minimum Gasteiger partial charge on any atom is -0.444 e. The number of benzene rings is 1. The highest BCUT2D eigenvalue weighted by Crippen LogP contribution is 2.37. The fourth-order valence-electron chi connectivity index (χ4n) is 3.82. The van der Waals surface area contributed by atoms with Crippen molar-refractivity contribution in [2.45, 2.75) is 45.3 Å². The monoisotopic (exact) mass is 513 g/mol. The Labute approximate surface area is 201 Å². The zero-order valence-electron chi connectivity index (χ0n) is 19.0. The average molecular weight is 514 g/mol. The van der Waals surface area contributed by atoms with Gasteiger partial charge in [-0.1, -0.05) is 6.07 Å². The van der Waals surface area contributed by atoms with Gasteiger partial charge in [0.25, 0.3) is 0 Å². The summed E-state index contributed by atoms with van der Waals surface area (Å²) in [6.07, 6.45) is 2.63. The molecule has 1 amide bonds. The first-order valence-electron chi connectivity index (χ1n) is 10.5. The van der Waals surface area contributed by atoms with Crippen LogP contribution in [0.15, 0.2) is 28.9 Å². The first-order valence-corrected chi connectivity index (χ1v) is 11.3. The van der Waals surface area contributed by atoms with Gasteiger partial charge in [-0.2, -0.15) is 10.5 Å². The molecule has 0 atom stereocenters. The smallest absolute Gasteiger partial charge is 0.410 e. The zero-order chi connectivity index (χ0) is 24.3. The Morgan fingerprint density at radius 1 is 1.27 bits per heavy atom. The number of piperidine rings is 1. The van der Waals surface area contributed by atoms with Gasteiger partial charge in [-0.25, -0.2) is 14.2 Å². The molecule has 1 saturated heterocycles. The number of anilines is 1. The van der Waals surface area contributed by atoms with E-state index in [1.54, 1.807) is 30.3 Å². The molecule has 1 aromatic carbocycles. The van der Waals surface area contributed by atoms with Crippen LogP contribution in [0.3, 0.4) is 0 Å². The molecule has 1 aliphatic rings. The SMILES string of the molecule is CN(C(=O)OC(C)(C)C)C1CCN(c2ncc(Br)c(-c3ccc(C#N)c(F)c3)c2C#N)CC1. The summed E-state index contributed by atoms with van der Waals surface area (Å²) in [6, 6.07) is 8.32. The maximum absolute atomic E-state index is 14.3. The van der Waals surface area contributed by atoms with Gasteiger partial charge in [-0.05, 0) is 67.2 Å². The van der Waals surface area contributed by atoms with Gasteiger partial charge in [0, 0.05) is 42.4 Å². The topological polar surface area (TPSA) is 93.2 Å². The van der Waals surface area contributed by atoms with Crippen LogP contribution in [-0.2, 0) is 4.74 Å². The summed E-state index contributed by atoms with van der Waals surface area (Å²) in [5, 5.41) is 19.0. The highest BCUT2D eigenvalue weighted by Gasteiger charge is 2.30. The van der Waals surface area contributed by atoms with E-state index in [9.17, 15) is 14.4 Å². The molecule has 1 aliphatic heterocycles. The van der Waals surface area contributed by atoms with E-state index in [1.807, 2.05) is 25.7 Å². The maximum atomic E-state index is 14.3. The Kier molecular flexibility index (Phi) is 7.24. The highest BCUT2D eigenvalue weighted by molar-refractivity contribution is 9.10. The molecule has 0 radical (unpaired) electrons. The lowest BCUT2D eigenvalue weighted by Crippen LogP contribution is -2.47. The molecule has 0 spiro atoms. The Morgan fingerprint density at radius 3 is 2.48 bits per heavy atom. The van der Waals surface area contributed by atoms with Crippen LogP contribution in [0.2, 0.25) is 0 Å². The Balaban J connectivity index is 1.84. The number of carbonyl (C=O) groups excluding carboxylic acids is 1. The first kappa shape index (κ1) is 24.5.